The number of likely N-dealkylation sites (tertiary alicyclic amines) is 1. The van der Waals surface area contributed by atoms with Crippen molar-refractivity contribution in [2.45, 2.75) is 63.4 Å². The van der Waals surface area contributed by atoms with E-state index in [4.69, 9.17) is 27.9 Å². The summed E-state index contributed by atoms with van der Waals surface area (Å²) in [5.41, 5.74) is -2.11. The highest BCUT2D eigenvalue weighted by Gasteiger charge is 2.56. The van der Waals surface area contributed by atoms with Gasteiger partial charge in [-0.25, -0.2) is 9.88 Å². The van der Waals surface area contributed by atoms with Gasteiger partial charge in [-0.1, -0.05) is 35.3 Å². The van der Waals surface area contributed by atoms with Gasteiger partial charge in [0, 0.05) is 35.5 Å². The number of hydrogen-bond donors (Lipinski definition) is 1. The highest BCUT2D eigenvalue weighted by atomic mass is 35.5. The first kappa shape index (κ1) is 36.2. The lowest BCUT2D eigenvalue weighted by Crippen LogP contribution is -2.51. The molecule has 0 spiro atoms. The molecule has 1 saturated heterocycles. The zero-order chi connectivity index (χ0) is 36.9. The van der Waals surface area contributed by atoms with E-state index in [1.165, 1.54) is 50.9 Å². The number of amides is 3. The number of carbonyl (C=O) groups is 5. The highest BCUT2D eigenvalue weighted by molar-refractivity contribution is 6.35. The lowest BCUT2D eigenvalue weighted by molar-refractivity contribution is -0.274. The van der Waals surface area contributed by atoms with Crippen molar-refractivity contribution in [2.24, 2.45) is 5.92 Å². The Morgan fingerprint density at radius 1 is 1.06 bits per heavy atom. The predicted molar refractivity (Wildman–Crippen MR) is 177 cm³/mol. The van der Waals surface area contributed by atoms with Gasteiger partial charge >= 0.3 is 12.3 Å². The summed E-state index contributed by atoms with van der Waals surface area (Å²) in [7, 11) is 0. The van der Waals surface area contributed by atoms with Crippen molar-refractivity contribution in [3.63, 3.8) is 0 Å². The molecule has 2 atom stereocenters. The average molecular weight is 751 g/mol. The van der Waals surface area contributed by atoms with E-state index in [0.29, 0.717) is 24.8 Å². The van der Waals surface area contributed by atoms with Crippen molar-refractivity contribution < 1.29 is 46.6 Å². The molecule has 0 bridgehead atoms. The number of rotatable bonds is 11. The quantitative estimate of drug-likeness (QED) is 0.204. The molecule has 1 saturated carbocycles. The first-order valence-corrected chi connectivity index (χ1v) is 16.8. The van der Waals surface area contributed by atoms with E-state index in [9.17, 15) is 37.1 Å². The molecule has 0 radical (unpaired) electrons. The molecule has 3 aliphatic rings. The number of aromatic nitrogens is 2. The molecule has 3 aromatic rings. The second-order valence-corrected chi connectivity index (χ2v) is 13.8. The Morgan fingerprint density at radius 2 is 1.73 bits per heavy atom. The molecule has 2 unspecified atom stereocenters. The summed E-state index contributed by atoms with van der Waals surface area (Å²) < 4.78 is 48.6. The van der Waals surface area contributed by atoms with Gasteiger partial charge in [0.2, 0.25) is 11.9 Å². The Hall–Kier alpha value is -4.63. The fourth-order valence-corrected chi connectivity index (χ4v) is 7.16. The predicted octanol–water partition coefficient (Wildman–Crippen LogP) is 5.36. The molecule has 1 aromatic heterocycles. The number of halogens is 5. The number of imidazole rings is 1. The third-order valence-electron chi connectivity index (χ3n) is 9.21. The fraction of sp³-hybridized carbons (Fsp3) is 0.412. The Labute approximate surface area is 299 Å². The molecule has 12 nitrogen and oxygen atoms in total. The fourth-order valence-electron chi connectivity index (χ4n) is 6.64. The van der Waals surface area contributed by atoms with Crippen LogP contribution in [0.2, 0.25) is 10.0 Å². The number of fused-ring (bicyclic) bond motifs is 1. The van der Waals surface area contributed by atoms with Crippen molar-refractivity contribution in [2.75, 3.05) is 24.6 Å². The van der Waals surface area contributed by atoms with Crippen LogP contribution in [0.1, 0.15) is 55.6 Å². The van der Waals surface area contributed by atoms with Crippen molar-refractivity contribution in [1.82, 2.24) is 19.8 Å². The van der Waals surface area contributed by atoms with Crippen LogP contribution in [0.5, 0.6) is 5.75 Å². The molecule has 2 aromatic carbocycles. The van der Waals surface area contributed by atoms with Gasteiger partial charge in [0.15, 0.2) is 0 Å². The molecule has 6 rings (SSSR count). The number of alkyl halides is 3. The number of hydrogen-bond acceptors (Lipinski definition) is 8. The number of esters is 1. The number of nitrogens with one attached hydrogen (secondary N) is 1. The summed E-state index contributed by atoms with van der Waals surface area (Å²) in [5.74, 6) is -3.44. The normalized spacial score (nSPS) is 20.6. The summed E-state index contributed by atoms with van der Waals surface area (Å²) in [6.07, 6.45) is -3.02. The maximum absolute atomic E-state index is 14.3. The first-order valence-electron chi connectivity index (χ1n) is 16.1. The Bertz CT molecular complexity index is 1890. The van der Waals surface area contributed by atoms with Gasteiger partial charge in [0.1, 0.15) is 34.7 Å². The molecular weight excluding hydrogens is 718 g/mol. The van der Waals surface area contributed by atoms with Gasteiger partial charge in [-0.2, -0.15) is 0 Å². The van der Waals surface area contributed by atoms with Crippen LogP contribution in [0.3, 0.4) is 0 Å². The summed E-state index contributed by atoms with van der Waals surface area (Å²) >= 11 is 12.5. The topological polar surface area (TPSA) is 140 Å². The minimum atomic E-state index is -4.89. The number of ketones is 1. The van der Waals surface area contributed by atoms with Crippen LogP contribution >= 0.6 is 23.2 Å². The highest BCUT2D eigenvalue weighted by Crippen LogP contribution is 2.45. The molecular formula is C34H32Cl2F3N5O7. The van der Waals surface area contributed by atoms with Gasteiger partial charge in [0.05, 0.1) is 18.5 Å². The van der Waals surface area contributed by atoms with Gasteiger partial charge < -0.3 is 19.7 Å². The maximum atomic E-state index is 14.3. The number of anilines is 2. The second-order valence-electron chi connectivity index (χ2n) is 12.9. The van der Waals surface area contributed by atoms with Gasteiger partial charge in [-0.3, -0.25) is 28.5 Å². The molecule has 2 fully saturated rings. The Morgan fingerprint density at radius 3 is 2.33 bits per heavy atom. The van der Waals surface area contributed by atoms with Crippen molar-refractivity contribution in [1.29, 1.82) is 0 Å². The summed E-state index contributed by atoms with van der Waals surface area (Å²) in [4.78, 5) is 73.7. The van der Waals surface area contributed by atoms with E-state index in [2.05, 4.69) is 15.0 Å². The van der Waals surface area contributed by atoms with Crippen molar-refractivity contribution in [3.05, 3.63) is 70.0 Å². The Balaban J connectivity index is 1.27. The lowest BCUT2D eigenvalue weighted by Gasteiger charge is -2.28. The zero-order valence-electron chi connectivity index (χ0n) is 27.4. The summed E-state index contributed by atoms with van der Waals surface area (Å²) in [6, 6.07) is 9.49. The van der Waals surface area contributed by atoms with Crippen molar-refractivity contribution in [3.8, 4) is 5.75 Å². The average Bonchev–Trinajstić information content (AvgIpc) is 3.37. The molecule has 3 amide bonds. The van der Waals surface area contributed by atoms with Crippen LogP contribution in [0, 0.1) is 5.92 Å². The lowest BCUT2D eigenvalue weighted by atomic mass is 9.91. The van der Waals surface area contributed by atoms with E-state index < -0.39 is 46.9 Å². The van der Waals surface area contributed by atoms with E-state index in [1.807, 2.05) is 0 Å². The molecule has 17 heteroatoms. The minimum absolute atomic E-state index is 0.0449. The number of carbonyl (C=O) groups excluding carboxylic acids is 5. The standard InChI is InChI=1S/C34H32Cl2F3N5O7/c1-3-50-27(46)15-26(45)20-8-11-42(18-20)30(49)33(9-10-33)41-28(47)25-17-40-31-43(23-13-21(35)12-22(36)14-23)29(48)32(2,44(25)31)16-19-4-6-24(7-5-19)51-34(37,38)39/h4-7,12-14,17,20H,3,8-11,15-16,18H2,1-2H3,(H,41,47). The molecule has 2 aliphatic heterocycles. The van der Waals surface area contributed by atoms with Crippen molar-refractivity contribution >= 4 is 64.3 Å². The van der Waals surface area contributed by atoms with Crippen LogP contribution in [-0.2, 0) is 35.9 Å². The summed E-state index contributed by atoms with van der Waals surface area (Å²) in [5, 5.41) is 3.31. The van der Waals surface area contributed by atoms with Gasteiger partial charge in [-0.15, -0.1) is 13.2 Å². The van der Waals surface area contributed by atoms with E-state index in [-0.39, 0.29) is 71.6 Å². The summed E-state index contributed by atoms with van der Waals surface area (Å²) in [6.45, 7) is 3.74. The van der Waals surface area contributed by atoms with E-state index >= 15 is 0 Å². The van der Waals surface area contributed by atoms with Crippen LogP contribution in [0.25, 0.3) is 0 Å². The largest absolute Gasteiger partial charge is 0.573 e. The first-order chi connectivity index (χ1) is 24.0. The van der Waals surface area contributed by atoms with E-state index in [0.717, 1.165) is 12.1 Å². The maximum Gasteiger partial charge on any atom is 0.573 e. The smallest absolute Gasteiger partial charge is 0.466 e. The monoisotopic (exact) mass is 749 g/mol. The van der Waals surface area contributed by atoms with Crippen LogP contribution in [0.15, 0.2) is 48.7 Å². The van der Waals surface area contributed by atoms with Gasteiger partial charge in [-0.05, 0) is 69.0 Å². The second kappa shape index (κ2) is 13.5. The van der Waals surface area contributed by atoms with Gasteiger partial charge in [0.25, 0.3) is 11.8 Å². The molecule has 51 heavy (non-hydrogen) atoms. The molecule has 270 valence electrons. The SMILES string of the molecule is CCOC(=O)CC(=O)C1CCN(C(=O)C2(NC(=O)c3cnc4n3C(C)(Cc3ccc(OC(F)(F)F)cc3)C(=O)N4c3cc(Cl)cc(Cl)c3)CC2)C1. The van der Waals surface area contributed by atoms with Crippen LogP contribution < -0.4 is 15.0 Å². The van der Waals surface area contributed by atoms with E-state index in [1.54, 1.807) is 13.8 Å². The van der Waals surface area contributed by atoms with Crippen LogP contribution in [-0.4, -0.2) is 75.5 Å². The van der Waals surface area contributed by atoms with Crippen LogP contribution in [0.4, 0.5) is 24.8 Å². The zero-order valence-corrected chi connectivity index (χ0v) is 28.9. The molecule has 1 aliphatic carbocycles. The Kier molecular flexibility index (Phi) is 9.57. The minimum Gasteiger partial charge on any atom is -0.466 e. The molecule has 1 N–H and O–H groups in total. The third-order valence-corrected chi connectivity index (χ3v) is 9.65. The number of benzene rings is 2. The number of nitrogens with zero attached hydrogens (tertiary/aromatic N) is 4. The number of Topliss-reactive ketones (excluding diaryl/α,β-unsaturated/α-hetero) is 1. The molecule has 3 heterocycles. The number of ether oxygens (including phenoxy) is 2. The third kappa shape index (κ3) is 7.27.